The molecule has 2 N–H and O–H groups in total. The molecule has 2 amide bonds. The van der Waals surface area contributed by atoms with E-state index in [1.807, 2.05) is 32.4 Å². The number of anilines is 2. The number of hydrogen-bond donors (Lipinski definition) is 2. The molecule has 2 aliphatic heterocycles. The Morgan fingerprint density at radius 2 is 1.07 bits per heavy atom. The summed E-state index contributed by atoms with van der Waals surface area (Å²) in [6.07, 6.45) is 7.11. The van der Waals surface area contributed by atoms with Gasteiger partial charge in [0.2, 0.25) is 41.8 Å². The topological polar surface area (TPSA) is 275 Å². The Kier molecular flexibility index (Phi) is 18.5. The van der Waals surface area contributed by atoms with Gasteiger partial charge >= 0.3 is 11.4 Å². The second-order valence-corrected chi connectivity index (χ2v) is 22.1. The van der Waals surface area contributed by atoms with Gasteiger partial charge in [-0.05, 0) is 59.0 Å². The normalized spacial score (nSPS) is 14.2. The van der Waals surface area contributed by atoms with Gasteiger partial charge in [0, 0.05) is 87.4 Å². The number of halogens is 3. The molecule has 2 saturated heterocycles. The number of imidazole rings is 2. The van der Waals surface area contributed by atoms with Crippen molar-refractivity contribution in [2.45, 2.75) is 23.4 Å². The molecule has 8 rings (SSSR count). The van der Waals surface area contributed by atoms with E-state index in [1.54, 1.807) is 6.07 Å². The first-order valence-electron chi connectivity index (χ1n) is 22.4. The summed E-state index contributed by atoms with van der Waals surface area (Å²) < 4.78 is 92.2. The molecule has 75 heavy (non-hydrogen) atoms. The van der Waals surface area contributed by atoms with Crippen LogP contribution in [0.5, 0.6) is 0 Å². The predicted molar refractivity (Wildman–Crippen MR) is 280 cm³/mol. The molecule has 2 fully saturated rings. The van der Waals surface area contributed by atoms with Gasteiger partial charge in [0.1, 0.15) is 11.6 Å². The highest BCUT2D eigenvalue weighted by Gasteiger charge is 2.25. The molecule has 0 saturated carbocycles. The summed E-state index contributed by atoms with van der Waals surface area (Å²) in [5.74, 6) is 6.37. The number of benzene rings is 2. The third kappa shape index (κ3) is 14.1. The lowest BCUT2D eigenvalue weighted by atomic mass is 10.2. The van der Waals surface area contributed by atoms with E-state index in [0.717, 1.165) is 56.6 Å². The summed E-state index contributed by atoms with van der Waals surface area (Å²) in [5.41, 5.74) is -1.93. The monoisotopic (exact) mass is 1190 g/mol. The van der Waals surface area contributed by atoms with Crippen LogP contribution < -0.4 is 33.1 Å². The number of sulfone groups is 2. The Balaban J connectivity index is 0.000000202. The Bertz CT molecular complexity index is 3780. The number of rotatable bonds is 10. The largest absolute Gasteiger partial charge is 0.379 e. The minimum atomic E-state index is -3.78. The Labute approximate surface area is 440 Å². The fourth-order valence-electron chi connectivity index (χ4n) is 7.76. The number of nitrogens with one attached hydrogen (secondary N) is 2. The van der Waals surface area contributed by atoms with E-state index in [1.165, 1.54) is 58.5 Å². The third-order valence-electron chi connectivity index (χ3n) is 11.3. The van der Waals surface area contributed by atoms with E-state index in [-0.39, 0.29) is 81.2 Å². The number of hydrogen-bond acceptors (Lipinski definition) is 16. The number of terminal acetylenes is 1. The quantitative estimate of drug-likeness (QED) is 0.129. The number of morpholine rings is 2. The fraction of sp³-hybridized carbons (Fsp3) is 0.391. The highest BCUT2D eigenvalue weighted by atomic mass is 127. The van der Waals surface area contributed by atoms with Crippen LogP contribution >= 0.6 is 22.6 Å². The highest BCUT2D eigenvalue weighted by Crippen LogP contribution is 2.18. The standard InChI is InChI=1S/C23H25FN6O6S.C12H14FIN2O2.C11H12N4O4S/c1-27-19-20(26-22(27)37(3,34)35)30(23(33)28(2)21(19)32)6-4-5-15-11-16(24)13-17(12-15)25-18(31)14-29-7-9-36-10-8-29;13-9-5-10(14)7-11(6-9)15-12(17)8-16-1-3-18-4-2-16;1-5-6-15-8-7(9(16)14(3)11(15)17)13(2)10(12-8)20(4,18)19/h11-13H,6-10,14H2,1-3H3,(H,25,31);5-7H,1-4,8H2,(H,15,17);1H,6H2,2-4H3. The van der Waals surface area contributed by atoms with Crippen molar-refractivity contribution in [1.82, 2.24) is 47.2 Å². The van der Waals surface area contributed by atoms with Gasteiger partial charge in [0.05, 0.1) is 52.6 Å². The molecule has 0 atom stereocenters. The lowest BCUT2D eigenvalue weighted by Crippen LogP contribution is -2.41. The first-order chi connectivity index (χ1) is 35.3. The van der Waals surface area contributed by atoms with Crippen molar-refractivity contribution in [2.24, 2.45) is 28.2 Å². The number of ether oxygens (including phenoxy) is 2. The van der Waals surface area contributed by atoms with Crippen molar-refractivity contribution in [1.29, 1.82) is 0 Å². The highest BCUT2D eigenvalue weighted by molar-refractivity contribution is 14.1. The molecular weight excluding hydrogens is 1140 g/mol. The maximum Gasteiger partial charge on any atom is 0.333 e. The number of carbonyl (C=O) groups is 2. The SMILES string of the molecule is C#CCn1c(=O)n(C)c(=O)c2c1nc(S(C)(=O)=O)n2C.Cn1c(=O)c2c(nc(S(C)(=O)=O)n2C)n(CC#Cc2cc(F)cc(NC(=O)CN3CCOCC3)c2)c1=O.O=C(CN1CCOCC1)Nc1cc(F)cc(I)c1. The van der Waals surface area contributed by atoms with E-state index in [9.17, 15) is 54.4 Å². The average Bonchev–Trinajstić information content (AvgIpc) is 3.87. The number of amides is 2. The zero-order valence-corrected chi connectivity index (χ0v) is 45.1. The first kappa shape index (κ1) is 57.4. The summed E-state index contributed by atoms with van der Waals surface area (Å²) >= 11 is 2.01. The molecule has 0 radical (unpaired) electrons. The number of fused-ring (bicyclic) bond motifs is 2. The Morgan fingerprint density at radius 3 is 1.48 bits per heavy atom. The van der Waals surface area contributed by atoms with Crippen molar-refractivity contribution in [3.63, 3.8) is 0 Å². The van der Waals surface area contributed by atoms with Gasteiger partial charge in [-0.25, -0.2) is 35.2 Å². The minimum absolute atomic E-state index is 0.0165. The van der Waals surface area contributed by atoms with Crippen LogP contribution in [-0.4, -0.2) is 154 Å². The van der Waals surface area contributed by atoms with Crippen LogP contribution in [0.25, 0.3) is 22.3 Å². The summed E-state index contributed by atoms with van der Waals surface area (Å²) in [6, 6.07) is 8.31. The predicted octanol–water partition coefficient (Wildman–Crippen LogP) is -0.530. The van der Waals surface area contributed by atoms with Crippen molar-refractivity contribution >= 4 is 87.8 Å². The van der Waals surface area contributed by atoms with Gasteiger partial charge in [0.15, 0.2) is 22.3 Å². The van der Waals surface area contributed by atoms with Crippen molar-refractivity contribution in [2.75, 3.05) is 88.8 Å². The van der Waals surface area contributed by atoms with Gasteiger partial charge < -0.3 is 29.2 Å². The second-order valence-electron chi connectivity index (χ2n) is 17.0. The van der Waals surface area contributed by atoms with E-state index < -0.39 is 48.0 Å². The van der Waals surface area contributed by atoms with Crippen molar-refractivity contribution < 1.29 is 44.7 Å². The molecule has 0 bridgehead atoms. The van der Waals surface area contributed by atoms with Crippen molar-refractivity contribution in [3.8, 4) is 24.2 Å². The van der Waals surface area contributed by atoms with Crippen LogP contribution in [0.4, 0.5) is 20.2 Å². The Morgan fingerprint density at radius 1 is 0.653 bits per heavy atom. The van der Waals surface area contributed by atoms with E-state index in [2.05, 4.69) is 38.4 Å². The molecule has 4 aromatic heterocycles. The number of carbonyl (C=O) groups excluding carboxylic acids is 2. The maximum atomic E-state index is 14.2. The van der Waals surface area contributed by atoms with Gasteiger partial charge in [-0.3, -0.25) is 47.2 Å². The molecule has 2 aliphatic rings. The van der Waals surface area contributed by atoms with E-state index >= 15 is 0 Å². The molecule has 6 aromatic rings. The van der Waals surface area contributed by atoms with Crippen LogP contribution in [0.3, 0.4) is 0 Å². The Hall–Kier alpha value is -6.87. The number of nitrogens with zero attached hydrogens (tertiary/aromatic N) is 10. The van der Waals surface area contributed by atoms with Crippen LogP contribution in [0, 0.1) is 39.4 Å². The van der Waals surface area contributed by atoms with Gasteiger partial charge in [-0.1, -0.05) is 17.8 Å². The maximum absolute atomic E-state index is 14.2. The zero-order chi connectivity index (χ0) is 55.1. The summed E-state index contributed by atoms with van der Waals surface area (Å²) in [5, 5.41) is 4.70. The molecule has 29 heteroatoms. The minimum Gasteiger partial charge on any atom is -0.379 e. The lowest BCUT2D eigenvalue weighted by Gasteiger charge is -2.25. The van der Waals surface area contributed by atoms with Gasteiger partial charge in [0.25, 0.3) is 11.1 Å². The van der Waals surface area contributed by atoms with Crippen LogP contribution in [0.15, 0.2) is 65.9 Å². The van der Waals surface area contributed by atoms with Crippen LogP contribution in [-0.2, 0) is 80.0 Å². The third-order valence-corrected chi connectivity index (χ3v) is 14.0. The molecule has 6 heterocycles. The summed E-state index contributed by atoms with van der Waals surface area (Å²) in [7, 11) is -2.08. The number of aryl methyl sites for hydroxylation is 2. The van der Waals surface area contributed by atoms with E-state index in [0.29, 0.717) is 51.7 Å². The molecule has 24 nitrogen and oxygen atoms in total. The van der Waals surface area contributed by atoms with Gasteiger partial charge in [-0.15, -0.1) is 6.42 Å². The number of aromatic nitrogens is 8. The zero-order valence-electron chi connectivity index (χ0n) is 41.3. The van der Waals surface area contributed by atoms with Crippen LogP contribution in [0.2, 0.25) is 0 Å². The molecule has 400 valence electrons. The molecule has 0 aliphatic carbocycles. The first-order valence-corrected chi connectivity index (χ1v) is 27.3. The average molecular weight is 1190 g/mol. The lowest BCUT2D eigenvalue weighted by molar-refractivity contribution is -0.119. The molecule has 2 aromatic carbocycles. The molecule has 0 unspecified atom stereocenters. The van der Waals surface area contributed by atoms with Gasteiger partial charge in [-0.2, -0.15) is 9.97 Å². The smallest absolute Gasteiger partial charge is 0.333 e. The van der Waals surface area contributed by atoms with Crippen molar-refractivity contribution in [3.05, 3.63) is 98.8 Å². The van der Waals surface area contributed by atoms with Crippen LogP contribution in [0.1, 0.15) is 5.56 Å². The summed E-state index contributed by atoms with van der Waals surface area (Å²) in [6.45, 7) is 5.29. The summed E-state index contributed by atoms with van der Waals surface area (Å²) in [4.78, 5) is 85.5. The fourth-order valence-corrected chi connectivity index (χ4v) is 10.1. The molecule has 0 spiro atoms. The van der Waals surface area contributed by atoms with E-state index in [4.69, 9.17) is 15.9 Å². The second kappa shape index (κ2) is 24.2. The molecular formula is C46H51F2IN12O12S2.